The van der Waals surface area contributed by atoms with Gasteiger partial charge in [-0.1, -0.05) is 30.3 Å². The van der Waals surface area contributed by atoms with Crippen LogP contribution in [0, 0.1) is 0 Å². The minimum Gasteiger partial charge on any atom is -0.445 e. The number of anilines is 2. The first kappa shape index (κ1) is 21.3. The van der Waals surface area contributed by atoms with Crippen LogP contribution in [0.5, 0.6) is 0 Å². The highest BCUT2D eigenvalue weighted by molar-refractivity contribution is 5.82. The summed E-state index contributed by atoms with van der Waals surface area (Å²) in [5.41, 5.74) is 1.86. The predicted molar refractivity (Wildman–Crippen MR) is 111 cm³/mol. The quantitative estimate of drug-likeness (QED) is 0.515. The first-order valence-corrected chi connectivity index (χ1v) is 9.81. The summed E-state index contributed by atoms with van der Waals surface area (Å²) in [7, 11) is 0. The number of ether oxygens (including phenoxy) is 2. The number of carbonyl (C=O) groups excluding carboxylic acids is 2. The van der Waals surface area contributed by atoms with Crippen molar-refractivity contribution >= 4 is 23.5 Å². The lowest BCUT2D eigenvalue weighted by Crippen LogP contribution is -2.39. The van der Waals surface area contributed by atoms with E-state index >= 15 is 0 Å². The van der Waals surface area contributed by atoms with Crippen LogP contribution in [-0.2, 0) is 20.9 Å². The van der Waals surface area contributed by atoms with Crippen LogP contribution in [0.3, 0.4) is 0 Å². The van der Waals surface area contributed by atoms with Gasteiger partial charge >= 0.3 is 6.09 Å². The summed E-state index contributed by atoms with van der Waals surface area (Å²) in [6, 6.07) is 11.2. The molecule has 0 spiro atoms. The SMILES string of the molecule is O=C(CNC(=O)OCc1ccccc1)NCCNc1cc(N2CCOCC2)cnn1. The van der Waals surface area contributed by atoms with Crippen LogP contribution in [0.4, 0.5) is 16.3 Å². The number of hydrogen-bond acceptors (Lipinski definition) is 8. The van der Waals surface area contributed by atoms with Crippen LogP contribution < -0.4 is 20.9 Å². The minimum absolute atomic E-state index is 0.153. The van der Waals surface area contributed by atoms with E-state index < -0.39 is 6.09 Å². The van der Waals surface area contributed by atoms with E-state index in [1.807, 2.05) is 36.4 Å². The van der Waals surface area contributed by atoms with Crippen molar-refractivity contribution in [3.05, 3.63) is 48.2 Å². The van der Waals surface area contributed by atoms with Crippen LogP contribution in [0.15, 0.2) is 42.6 Å². The number of rotatable bonds is 9. The minimum atomic E-state index is -0.637. The second kappa shape index (κ2) is 11.6. The van der Waals surface area contributed by atoms with Crippen molar-refractivity contribution in [1.29, 1.82) is 0 Å². The number of aromatic nitrogens is 2. The lowest BCUT2D eigenvalue weighted by molar-refractivity contribution is -0.120. The number of carbonyl (C=O) groups is 2. The number of nitrogens with zero attached hydrogens (tertiary/aromatic N) is 3. The van der Waals surface area contributed by atoms with Crippen molar-refractivity contribution in [3.8, 4) is 0 Å². The van der Waals surface area contributed by atoms with Crippen molar-refractivity contribution in [2.24, 2.45) is 0 Å². The molecule has 1 aliphatic rings. The van der Waals surface area contributed by atoms with Gasteiger partial charge in [0.1, 0.15) is 6.61 Å². The molecule has 2 aromatic rings. The fourth-order valence-electron chi connectivity index (χ4n) is 2.82. The average molecular weight is 414 g/mol. The number of nitrogens with one attached hydrogen (secondary N) is 3. The maximum absolute atomic E-state index is 11.8. The summed E-state index contributed by atoms with van der Waals surface area (Å²) in [5.74, 6) is 0.331. The molecular weight excluding hydrogens is 388 g/mol. The summed E-state index contributed by atoms with van der Waals surface area (Å²) in [6.07, 6.45) is 1.09. The van der Waals surface area contributed by atoms with Gasteiger partial charge in [-0.05, 0) is 5.56 Å². The molecule has 1 aliphatic heterocycles. The first-order chi connectivity index (χ1) is 14.7. The largest absolute Gasteiger partial charge is 0.445 e. The van der Waals surface area contributed by atoms with Crippen molar-refractivity contribution in [2.45, 2.75) is 6.61 Å². The third-order valence-electron chi connectivity index (χ3n) is 4.38. The van der Waals surface area contributed by atoms with Crippen LogP contribution in [-0.4, -0.2) is 68.1 Å². The summed E-state index contributed by atoms with van der Waals surface area (Å²) in [5, 5.41) is 16.3. The highest BCUT2D eigenvalue weighted by Gasteiger charge is 2.12. The molecule has 10 nitrogen and oxygen atoms in total. The smallest absolute Gasteiger partial charge is 0.407 e. The molecule has 10 heteroatoms. The standard InChI is InChI=1S/C20H26N6O4/c27-19(14-23-20(28)30-15-16-4-2-1-3-5-16)22-7-6-21-18-12-17(13-24-25-18)26-8-10-29-11-9-26/h1-5,12-13H,6-11,14-15H2,(H,21,25)(H,22,27)(H,23,28). The zero-order chi connectivity index (χ0) is 21.0. The van der Waals surface area contributed by atoms with Gasteiger partial charge in [0.25, 0.3) is 0 Å². The molecule has 2 amide bonds. The lowest BCUT2D eigenvalue weighted by Gasteiger charge is -2.28. The van der Waals surface area contributed by atoms with Gasteiger partial charge in [0, 0.05) is 32.2 Å². The Morgan fingerprint density at radius 1 is 1.10 bits per heavy atom. The monoisotopic (exact) mass is 414 g/mol. The Labute approximate surface area is 174 Å². The fraction of sp³-hybridized carbons (Fsp3) is 0.400. The van der Waals surface area contributed by atoms with E-state index in [-0.39, 0.29) is 19.1 Å². The van der Waals surface area contributed by atoms with Gasteiger partial charge in [0.05, 0.1) is 31.6 Å². The number of alkyl carbamates (subject to hydrolysis) is 1. The zero-order valence-electron chi connectivity index (χ0n) is 16.7. The number of benzene rings is 1. The molecule has 0 saturated carbocycles. The van der Waals surface area contributed by atoms with E-state index in [9.17, 15) is 9.59 Å². The fourth-order valence-corrected chi connectivity index (χ4v) is 2.82. The molecule has 0 aliphatic carbocycles. The van der Waals surface area contributed by atoms with E-state index in [0.717, 1.165) is 24.3 Å². The third kappa shape index (κ3) is 7.21. The van der Waals surface area contributed by atoms with Crippen molar-refractivity contribution in [2.75, 3.05) is 56.2 Å². The molecule has 160 valence electrons. The molecule has 0 unspecified atom stereocenters. The normalized spacial score (nSPS) is 13.4. The first-order valence-electron chi connectivity index (χ1n) is 9.81. The molecule has 3 N–H and O–H groups in total. The van der Waals surface area contributed by atoms with E-state index in [1.165, 1.54) is 0 Å². The molecule has 3 rings (SSSR count). The van der Waals surface area contributed by atoms with E-state index in [2.05, 4.69) is 31.0 Å². The van der Waals surface area contributed by atoms with E-state index in [0.29, 0.717) is 32.1 Å². The zero-order valence-corrected chi connectivity index (χ0v) is 16.7. The van der Waals surface area contributed by atoms with Gasteiger partial charge in [-0.15, -0.1) is 5.10 Å². The Morgan fingerprint density at radius 3 is 2.70 bits per heavy atom. The van der Waals surface area contributed by atoms with Gasteiger partial charge in [0.15, 0.2) is 5.82 Å². The second-order valence-electron chi connectivity index (χ2n) is 6.59. The third-order valence-corrected chi connectivity index (χ3v) is 4.38. The highest BCUT2D eigenvalue weighted by Crippen LogP contribution is 2.16. The average Bonchev–Trinajstić information content (AvgIpc) is 2.80. The second-order valence-corrected chi connectivity index (χ2v) is 6.59. The molecule has 1 aromatic heterocycles. The molecule has 1 fully saturated rings. The number of amides is 2. The predicted octanol–water partition coefficient (Wildman–Crippen LogP) is 0.768. The summed E-state index contributed by atoms with van der Waals surface area (Å²) in [6.45, 7) is 3.90. The molecule has 0 bridgehead atoms. The Morgan fingerprint density at radius 2 is 1.90 bits per heavy atom. The van der Waals surface area contributed by atoms with Gasteiger partial charge in [-0.2, -0.15) is 5.10 Å². The van der Waals surface area contributed by atoms with E-state index in [4.69, 9.17) is 9.47 Å². The van der Waals surface area contributed by atoms with Crippen molar-refractivity contribution in [1.82, 2.24) is 20.8 Å². The summed E-state index contributed by atoms with van der Waals surface area (Å²) >= 11 is 0. The molecule has 2 heterocycles. The van der Waals surface area contributed by atoms with Gasteiger partial charge in [-0.3, -0.25) is 4.79 Å². The van der Waals surface area contributed by atoms with Gasteiger partial charge in [0.2, 0.25) is 5.91 Å². The topological polar surface area (TPSA) is 118 Å². The van der Waals surface area contributed by atoms with Crippen LogP contribution in [0.25, 0.3) is 0 Å². The molecule has 1 aromatic carbocycles. The van der Waals surface area contributed by atoms with Crippen LogP contribution in [0.2, 0.25) is 0 Å². The molecule has 1 saturated heterocycles. The maximum Gasteiger partial charge on any atom is 0.407 e. The van der Waals surface area contributed by atoms with Gasteiger partial charge in [-0.25, -0.2) is 4.79 Å². The van der Waals surface area contributed by atoms with Gasteiger partial charge < -0.3 is 30.3 Å². The Hall–Kier alpha value is -3.40. The molecule has 30 heavy (non-hydrogen) atoms. The molecule has 0 atom stereocenters. The summed E-state index contributed by atoms with van der Waals surface area (Å²) < 4.78 is 10.4. The Bertz CT molecular complexity index is 814. The van der Waals surface area contributed by atoms with Crippen LogP contribution >= 0.6 is 0 Å². The molecule has 0 radical (unpaired) electrons. The van der Waals surface area contributed by atoms with E-state index in [1.54, 1.807) is 6.20 Å². The number of morpholine rings is 1. The highest BCUT2D eigenvalue weighted by atomic mass is 16.5. The summed E-state index contributed by atoms with van der Waals surface area (Å²) in [4.78, 5) is 25.7. The van der Waals surface area contributed by atoms with Crippen molar-refractivity contribution in [3.63, 3.8) is 0 Å². The van der Waals surface area contributed by atoms with Crippen molar-refractivity contribution < 1.29 is 19.1 Å². The molecular formula is C20H26N6O4. The number of hydrogen-bond donors (Lipinski definition) is 3. The Balaban J connectivity index is 1.29. The maximum atomic E-state index is 11.8. The Kier molecular flexibility index (Phi) is 8.22. The van der Waals surface area contributed by atoms with Crippen LogP contribution in [0.1, 0.15) is 5.56 Å². The lowest BCUT2D eigenvalue weighted by atomic mass is 10.2.